The van der Waals surface area contributed by atoms with Gasteiger partial charge in [-0.3, -0.25) is 0 Å². The first-order valence-electron chi connectivity index (χ1n) is 3.35. The molecule has 60 valence electrons. The fraction of sp³-hybridized carbons (Fsp3) is 0.429. The Balaban J connectivity index is 2.15. The van der Waals surface area contributed by atoms with E-state index in [-0.39, 0.29) is 6.29 Å². The monoisotopic (exact) mass is 190 g/mol. The molecule has 0 bridgehead atoms. The molecule has 0 atom stereocenters. The SMILES string of the molecule is Clc1ccc(C2OCCO2)s1. The van der Waals surface area contributed by atoms with Gasteiger partial charge in [0.15, 0.2) is 6.29 Å². The van der Waals surface area contributed by atoms with E-state index in [0.29, 0.717) is 13.2 Å². The normalized spacial score (nSPS) is 19.4. The Morgan fingerprint density at radius 3 is 2.64 bits per heavy atom. The van der Waals surface area contributed by atoms with Crippen LogP contribution in [0.5, 0.6) is 0 Å². The summed E-state index contributed by atoms with van der Waals surface area (Å²) in [6.07, 6.45) is -0.174. The Morgan fingerprint density at radius 1 is 1.36 bits per heavy atom. The minimum Gasteiger partial charge on any atom is -0.345 e. The lowest BCUT2D eigenvalue weighted by Gasteiger charge is -2.03. The summed E-state index contributed by atoms with van der Waals surface area (Å²) in [5.41, 5.74) is 0. The summed E-state index contributed by atoms with van der Waals surface area (Å²) in [6.45, 7) is 1.36. The van der Waals surface area contributed by atoms with Crippen LogP contribution < -0.4 is 0 Å². The van der Waals surface area contributed by atoms with Crippen LogP contribution >= 0.6 is 22.9 Å². The van der Waals surface area contributed by atoms with Crippen LogP contribution in [-0.2, 0) is 9.47 Å². The molecule has 0 unspecified atom stereocenters. The summed E-state index contributed by atoms with van der Waals surface area (Å²) in [6, 6.07) is 3.79. The first-order chi connectivity index (χ1) is 5.36. The Kier molecular flexibility index (Phi) is 2.13. The van der Waals surface area contributed by atoms with E-state index in [1.165, 1.54) is 11.3 Å². The summed E-state index contributed by atoms with van der Waals surface area (Å²) in [4.78, 5) is 1.05. The first-order valence-corrected chi connectivity index (χ1v) is 4.54. The van der Waals surface area contributed by atoms with Gasteiger partial charge in [-0.05, 0) is 12.1 Å². The average Bonchev–Trinajstić information content (AvgIpc) is 2.55. The summed E-state index contributed by atoms with van der Waals surface area (Å²) in [5.74, 6) is 0. The predicted molar refractivity (Wildman–Crippen MR) is 44.0 cm³/mol. The van der Waals surface area contributed by atoms with E-state index in [1.54, 1.807) is 0 Å². The van der Waals surface area contributed by atoms with Crippen molar-refractivity contribution in [1.29, 1.82) is 0 Å². The van der Waals surface area contributed by atoms with Crippen molar-refractivity contribution in [3.8, 4) is 0 Å². The van der Waals surface area contributed by atoms with Crippen LogP contribution in [-0.4, -0.2) is 13.2 Å². The van der Waals surface area contributed by atoms with Crippen molar-refractivity contribution in [2.75, 3.05) is 13.2 Å². The van der Waals surface area contributed by atoms with Crippen LogP contribution in [0.15, 0.2) is 12.1 Å². The zero-order valence-corrected chi connectivity index (χ0v) is 7.32. The number of hydrogen-bond donors (Lipinski definition) is 0. The van der Waals surface area contributed by atoms with Crippen LogP contribution in [0, 0.1) is 0 Å². The standard InChI is InChI=1S/C7H7ClO2S/c8-6-2-1-5(11-6)7-9-3-4-10-7/h1-2,7H,3-4H2. The maximum Gasteiger partial charge on any atom is 0.193 e. The molecule has 2 rings (SSSR count). The van der Waals surface area contributed by atoms with Gasteiger partial charge in [-0.2, -0.15) is 0 Å². The van der Waals surface area contributed by atoms with Gasteiger partial charge in [0.1, 0.15) is 0 Å². The van der Waals surface area contributed by atoms with Gasteiger partial charge in [-0.25, -0.2) is 0 Å². The average molecular weight is 191 g/mol. The summed E-state index contributed by atoms with van der Waals surface area (Å²) in [7, 11) is 0. The molecule has 4 heteroatoms. The Hall–Kier alpha value is -0.0900. The van der Waals surface area contributed by atoms with Crippen molar-refractivity contribution in [3.05, 3.63) is 21.3 Å². The van der Waals surface area contributed by atoms with Crippen molar-refractivity contribution in [2.45, 2.75) is 6.29 Å². The highest BCUT2D eigenvalue weighted by molar-refractivity contribution is 7.16. The zero-order valence-electron chi connectivity index (χ0n) is 5.75. The molecule has 1 aliphatic heterocycles. The molecule has 0 amide bonds. The highest BCUT2D eigenvalue weighted by Crippen LogP contribution is 2.31. The third kappa shape index (κ3) is 1.56. The fourth-order valence-corrected chi connectivity index (χ4v) is 2.04. The van der Waals surface area contributed by atoms with Gasteiger partial charge < -0.3 is 9.47 Å². The van der Waals surface area contributed by atoms with Crippen molar-refractivity contribution >= 4 is 22.9 Å². The van der Waals surface area contributed by atoms with Crippen LogP contribution in [0.25, 0.3) is 0 Å². The van der Waals surface area contributed by atoms with Crippen molar-refractivity contribution in [1.82, 2.24) is 0 Å². The van der Waals surface area contributed by atoms with E-state index in [2.05, 4.69) is 0 Å². The Labute approximate surface area is 73.7 Å². The van der Waals surface area contributed by atoms with Gasteiger partial charge in [0.05, 0.1) is 22.4 Å². The van der Waals surface area contributed by atoms with Crippen LogP contribution in [0.1, 0.15) is 11.2 Å². The van der Waals surface area contributed by atoms with Crippen LogP contribution in [0.4, 0.5) is 0 Å². The molecule has 1 aliphatic rings. The van der Waals surface area contributed by atoms with E-state index in [4.69, 9.17) is 21.1 Å². The lowest BCUT2D eigenvalue weighted by atomic mass is 10.5. The van der Waals surface area contributed by atoms with Crippen molar-refractivity contribution in [3.63, 3.8) is 0 Å². The van der Waals surface area contributed by atoms with Gasteiger partial charge in [0, 0.05) is 0 Å². The van der Waals surface area contributed by atoms with Crippen LogP contribution in [0.2, 0.25) is 4.34 Å². The summed E-state index contributed by atoms with van der Waals surface area (Å²) < 4.78 is 11.3. The second kappa shape index (κ2) is 3.11. The molecule has 0 saturated carbocycles. The Bertz CT molecular complexity index is 242. The second-order valence-corrected chi connectivity index (χ2v) is 3.96. The molecule has 1 aromatic rings. The molecule has 0 aliphatic carbocycles. The molecule has 0 radical (unpaired) electrons. The van der Waals surface area contributed by atoms with E-state index < -0.39 is 0 Å². The van der Waals surface area contributed by atoms with Gasteiger partial charge in [-0.15, -0.1) is 11.3 Å². The highest BCUT2D eigenvalue weighted by Gasteiger charge is 2.19. The van der Waals surface area contributed by atoms with E-state index >= 15 is 0 Å². The lowest BCUT2D eigenvalue weighted by Crippen LogP contribution is -1.93. The van der Waals surface area contributed by atoms with E-state index in [9.17, 15) is 0 Å². The fourth-order valence-electron chi connectivity index (χ4n) is 0.978. The number of ether oxygens (including phenoxy) is 2. The molecule has 0 aromatic carbocycles. The maximum absolute atomic E-state index is 5.75. The van der Waals surface area contributed by atoms with E-state index in [1.807, 2.05) is 12.1 Å². The van der Waals surface area contributed by atoms with Gasteiger partial charge >= 0.3 is 0 Å². The second-order valence-electron chi connectivity index (χ2n) is 2.22. The van der Waals surface area contributed by atoms with E-state index in [0.717, 1.165) is 9.21 Å². The number of thiophene rings is 1. The molecule has 11 heavy (non-hydrogen) atoms. The van der Waals surface area contributed by atoms with Crippen molar-refractivity contribution in [2.24, 2.45) is 0 Å². The topological polar surface area (TPSA) is 18.5 Å². The van der Waals surface area contributed by atoms with Crippen LogP contribution in [0.3, 0.4) is 0 Å². The lowest BCUT2D eigenvalue weighted by molar-refractivity contribution is -0.0413. The maximum atomic E-state index is 5.75. The minimum atomic E-state index is -0.174. The first kappa shape index (κ1) is 7.55. The van der Waals surface area contributed by atoms with Crippen molar-refractivity contribution < 1.29 is 9.47 Å². The van der Waals surface area contributed by atoms with Gasteiger partial charge in [0.25, 0.3) is 0 Å². The molecule has 1 saturated heterocycles. The van der Waals surface area contributed by atoms with Gasteiger partial charge in [-0.1, -0.05) is 11.6 Å². The number of rotatable bonds is 1. The largest absolute Gasteiger partial charge is 0.345 e. The predicted octanol–water partition coefficient (Wildman–Crippen LogP) is 2.45. The minimum absolute atomic E-state index is 0.174. The quantitative estimate of drug-likeness (QED) is 0.677. The smallest absolute Gasteiger partial charge is 0.193 e. The summed E-state index contributed by atoms with van der Waals surface area (Å²) >= 11 is 7.25. The Morgan fingerprint density at radius 2 is 2.09 bits per heavy atom. The third-order valence-corrected chi connectivity index (χ3v) is 2.70. The highest BCUT2D eigenvalue weighted by atomic mass is 35.5. The number of hydrogen-bond acceptors (Lipinski definition) is 3. The number of halogens is 1. The summed E-state index contributed by atoms with van der Waals surface area (Å²) in [5, 5.41) is 0. The molecular formula is C7H7ClO2S. The molecule has 2 nitrogen and oxygen atoms in total. The zero-order chi connectivity index (χ0) is 7.68. The third-order valence-electron chi connectivity index (χ3n) is 1.45. The molecule has 0 spiro atoms. The molecule has 2 heterocycles. The molecular weight excluding hydrogens is 184 g/mol. The molecule has 1 fully saturated rings. The molecule has 1 aromatic heterocycles. The van der Waals surface area contributed by atoms with Gasteiger partial charge in [0.2, 0.25) is 0 Å². The molecule has 0 N–H and O–H groups in total.